The van der Waals surface area contributed by atoms with Crippen molar-refractivity contribution in [1.82, 2.24) is 4.98 Å². The Bertz CT molecular complexity index is 917. The largest absolute Gasteiger partial charge is 0.497 e. The smallest absolute Gasteiger partial charge is 0.416 e. The number of alkyl halides is 3. The van der Waals surface area contributed by atoms with Crippen LogP contribution in [0.4, 0.5) is 13.2 Å². The number of nitrogens with one attached hydrogen (secondary N) is 1. The van der Waals surface area contributed by atoms with Gasteiger partial charge in [-0.15, -0.1) is 0 Å². The zero-order chi connectivity index (χ0) is 18.0. The highest BCUT2D eigenvalue weighted by atomic mass is 19.4. The van der Waals surface area contributed by atoms with Crippen molar-refractivity contribution in [2.45, 2.75) is 6.18 Å². The topological polar surface area (TPSA) is 48.8 Å². The SMILES string of the molecule is COc1ccc(-c2cc(-c3ccc(C(F)(F)F)cc3)[nH]c2C#N)cc1. The van der Waals surface area contributed by atoms with E-state index in [-0.39, 0.29) is 0 Å². The highest BCUT2D eigenvalue weighted by Gasteiger charge is 2.30. The van der Waals surface area contributed by atoms with Crippen molar-refractivity contribution in [1.29, 1.82) is 5.26 Å². The Labute approximate surface area is 142 Å². The van der Waals surface area contributed by atoms with E-state index in [4.69, 9.17) is 4.74 Å². The maximum absolute atomic E-state index is 12.7. The van der Waals surface area contributed by atoms with Gasteiger partial charge < -0.3 is 9.72 Å². The van der Waals surface area contributed by atoms with E-state index < -0.39 is 11.7 Å². The Morgan fingerprint density at radius 1 is 0.960 bits per heavy atom. The number of hydrogen-bond donors (Lipinski definition) is 1. The van der Waals surface area contributed by atoms with E-state index in [0.29, 0.717) is 28.3 Å². The number of aromatic nitrogens is 1. The van der Waals surface area contributed by atoms with Gasteiger partial charge in [0, 0.05) is 11.3 Å². The second-order valence-electron chi connectivity index (χ2n) is 5.39. The molecule has 0 saturated carbocycles. The molecular formula is C19H13F3N2O. The van der Waals surface area contributed by atoms with Gasteiger partial charge in [-0.3, -0.25) is 0 Å². The molecule has 1 heterocycles. The molecule has 3 rings (SSSR count). The van der Waals surface area contributed by atoms with Crippen LogP contribution in [0.3, 0.4) is 0 Å². The zero-order valence-electron chi connectivity index (χ0n) is 13.2. The highest BCUT2D eigenvalue weighted by Crippen LogP contribution is 2.33. The van der Waals surface area contributed by atoms with Gasteiger partial charge in [-0.25, -0.2) is 0 Å². The number of aromatic amines is 1. The van der Waals surface area contributed by atoms with Crippen LogP contribution in [0.15, 0.2) is 54.6 Å². The minimum absolute atomic E-state index is 0.347. The van der Waals surface area contributed by atoms with Gasteiger partial charge in [0.05, 0.1) is 12.7 Å². The van der Waals surface area contributed by atoms with E-state index in [1.54, 1.807) is 25.3 Å². The summed E-state index contributed by atoms with van der Waals surface area (Å²) in [6.07, 6.45) is -4.37. The molecule has 0 aliphatic heterocycles. The third-order valence-corrected chi connectivity index (χ3v) is 3.85. The second kappa shape index (κ2) is 6.36. The van der Waals surface area contributed by atoms with E-state index in [2.05, 4.69) is 11.1 Å². The van der Waals surface area contributed by atoms with E-state index in [1.807, 2.05) is 12.1 Å². The van der Waals surface area contributed by atoms with Gasteiger partial charge >= 0.3 is 6.18 Å². The van der Waals surface area contributed by atoms with Crippen LogP contribution in [-0.2, 0) is 6.18 Å². The number of H-pyrrole nitrogens is 1. The van der Waals surface area contributed by atoms with Crippen molar-refractivity contribution in [3.05, 3.63) is 65.9 Å². The summed E-state index contributed by atoms with van der Waals surface area (Å²) in [6.45, 7) is 0. The number of methoxy groups -OCH3 is 1. The van der Waals surface area contributed by atoms with Crippen LogP contribution in [0, 0.1) is 11.3 Å². The lowest BCUT2D eigenvalue weighted by molar-refractivity contribution is -0.137. The summed E-state index contributed by atoms with van der Waals surface area (Å²) in [6, 6.07) is 15.8. The number of benzene rings is 2. The second-order valence-corrected chi connectivity index (χ2v) is 5.39. The Hall–Kier alpha value is -3.20. The summed E-state index contributed by atoms with van der Waals surface area (Å²) in [4.78, 5) is 2.96. The Balaban J connectivity index is 1.99. The molecule has 6 heteroatoms. The number of nitrogens with zero attached hydrogens (tertiary/aromatic N) is 1. The van der Waals surface area contributed by atoms with Crippen LogP contribution in [0.1, 0.15) is 11.3 Å². The molecule has 1 aromatic heterocycles. The van der Waals surface area contributed by atoms with E-state index >= 15 is 0 Å². The first-order valence-corrected chi connectivity index (χ1v) is 7.37. The van der Waals surface area contributed by atoms with Crippen LogP contribution in [0.5, 0.6) is 5.75 Å². The minimum Gasteiger partial charge on any atom is -0.497 e. The van der Waals surface area contributed by atoms with Crippen molar-refractivity contribution >= 4 is 0 Å². The summed E-state index contributed by atoms with van der Waals surface area (Å²) < 4.78 is 43.1. The van der Waals surface area contributed by atoms with E-state index in [0.717, 1.165) is 17.7 Å². The fraction of sp³-hybridized carbons (Fsp3) is 0.105. The summed E-state index contributed by atoms with van der Waals surface area (Å²) in [5.74, 6) is 0.695. The minimum atomic E-state index is -4.37. The molecule has 126 valence electrons. The number of ether oxygens (including phenoxy) is 1. The molecule has 0 radical (unpaired) electrons. The van der Waals surface area contributed by atoms with Crippen LogP contribution >= 0.6 is 0 Å². The van der Waals surface area contributed by atoms with Crippen molar-refractivity contribution < 1.29 is 17.9 Å². The predicted octanol–water partition coefficient (Wildman–Crippen LogP) is 5.25. The monoisotopic (exact) mass is 342 g/mol. The average molecular weight is 342 g/mol. The lowest BCUT2D eigenvalue weighted by Crippen LogP contribution is -2.03. The molecule has 3 nitrogen and oxygen atoms in total. The lowest BCUT2D eigenvalue weighted by atomic mass is 10.0. The van der Waals surface area contributed by atoms with Crippen molar-refractivity contribution in [3.63, 3.8) is 0 Å². The molecule has 0 amide bonds. The van der Waals surface area contributed by atoms with Gasteiger partial charge in [0.1, 0.15) is 17.5 Å². The molecule has 0 aliphatic carbocycles. The molecule has 0 atom stereocenters. The maximum Gasteiger partial charge on any atom is 0.416 e. The van der Waals surface area contributed by atoms with Crippen LogP contribution in [0.25, 0.3) is 22.4 Å². The molecule has 25 heavy (non-hydrogen) atoms. The van der Waals surface area contributed by atoms with Crippen LogP contribution < -0.4 is 4.74 Å². The van der Waals surface area contributed by atoms with Crippen LogP contribution in [-0.4, -0.2) is 12.1 Å². The quantitative estimate of drug-likeness (QED) is 0.707. The fourth-order valence-corrected chi connectivity index (χ4v) is 2.54. The Morgan fingerprint density at radius 3 is 2.08 bits per heavy atom. The van der Waals surface area contributed by atoms with E-state index in [9.17, 15) is 18.4 Å². The molecule has 0 fully saturated rings. The third kappa shape index (κ3) is 3.36. The molecule has 3 aromatic rings. The molecule has 2 aromatic carbocycles. The van der Waals surface area contributed by atoms with Gasteiger partial charge in [-0.1, -0.05) is 24.3 Å². The Morgan fingerprint density at radius 2 is 1.56 bits per heavy atom. The average Bonchev–Trinajstić information content (AvgIpc) is 3.05. The van der Waals surface area contributed by atoms with Gasteiger partial charge in [0.2, 0.25) is 0 Å². The van der Waals surface area contributed by atoms with Gasteiger partial charge in [-0.05, 0) is 41.5 Å². The van der Waals surface area contributed by atoms with Crippen LogP contribution in [0.2, 0.25) is 0 Å². The summed E-state index contributed by atoms with van der Waals surface area (Å²) in [7, 11) is 1.56. The number of hydrogen-bond acceptors (Lipinski definition) is 2. The molecule has 0 aliphatic rings. The molecule has 0 saturated heterocycles. The molecule has 0 unspecified atom stereocenters. The zero-order valence-corrected chi connectivity index (χ0v) is 13.2. The Kier molecular flexibility index (Phi) is 4.24. The number of nitriles is 1. The highest BCUT2D eigenvalue weighted by molar-refractivity contribution is 5.76. The third-order valence-electron chi connectivity index (χ3n) is 3.85. The van der Waals surface area contributed by atoms with Gasteiger partial charge in [0.15, 0.2) is 0 Å². The maximum atomic E-state index is 12.7. The first-order valence-electron chi connectivity index (χ1n) is 7.37. The van der Waals surface area contributed by atoms with Gasteiger partial charge in [0.25, 0.3) is 0 Å². The number of halogens is 3. The van der Waals surface area contributed by atoms with E-state index in [1.165, 1.54) is 12.1 Å². The van der Waals surface area contributed by atoms with Crippen molar-refractivity contribution in [3.8, 4) is 34.2 Å². The molecule has 0 spiro atoms. The molecule has 0 bridgehead atoms. The standard InChI is InChI=1S/C19H13F3N2O/c1-25-15-8-4-12(5-9-15)16-10-17(24-18(16)11-23)13-2-6-14(7-3-13)19(20,21)22/h2-10,24H,1H3. The summed E-state index contributed by atoms with van der Waals surface area (Å²) >= 11 is 0. The summed E-state index contributed by atoms with van der Waals surface area (Å²) in [5.41, 5.74) is 2.28. The first-order chi connectivity index (χ1) is 11.9. The lowest BCUT2D eigenvalue weighted by Gasteiger charge is -2.06. The van der Waals surface area contributed by atoms with Gasteiger partial charge in [-0.2, -0.15) is 18.4 Å². The first kappa shape index (κ1) is 16.7. The fourth-order valence-electron chi connectivity index (χ4n) is 2.54. The predicted molar refractivity (Wildman–Crippen MR) is 87.9 cm³/mol. The van der Waals surface area contributed by atoms with Crippen molar-refractivity contribution in [2.24, 2.45) is 0 Å². The molecular weight excluding hydrogens is 329 g/mol. The molecule has 1 N–H and O–H groups in total. The summed E-state index contributed by atoms with van der Waals surface area (Å²) in [5, 5.41) is 9.34. The number of rotatable bonds is 3. The normalized spacial score (nSPS) is 11.2. The van der Waals surface area contributed by atoms with Crippen molar-refractivity contribution in [2.75, 3.05) is 7.11 Å².